The third-order valence-electron chi connectivity index (χ3n) is 2.42. The maximum Gasteiger partial charge on any atom is 0.323 e. The molecule has 20 heavy (non-hydrogen) atoms. The molecule has 0 aliphatic rings. The highest BCUT2D eigenvalue weighted by Crippen LogP contribution is 2.13. The van der Waals surface area contributed by atoms with Gasteiger partial charge in [0, 0.05) is 11.3 Å². The molecular weight excluding hydrogens is 282 g/mol. The number of carboxylic acids is 2. The average molecular weight is 297 g/mol. The van der Waals surface area contributed by atoms with Gasteiger partial charge in [-0.25, -0.2) is 0 Å². The molecule has 1 amide bonds. The molecule has 0 bridgehead atoms. The molecule has 0 aliphatic carbocycles. The number of carboxylic acid groups (broad SMARTS) is 2. The van der Waals surface area contributed by atoms with Crippen molar-refractivity contribution in [2.45, 2.75) is 5.75 Å². The Hall–Kier alpha value is -2.02. The van der Waals surface area contributed by atoms with E-state index in [-0.39, 0.29) is 0 Å². The predicted octanol–water partition coefficient (Wildman–Crippen LogP) is 1.16. The van der Waals surface area contributed by atoms with Crippen molar-refractivity contribution in [3.63, 3.8) is 0 Å². The largest absolute Gasteiger partial charge is 0.480 e. The summed E-state index contributed by atoms with van der Waals surface area (Å²) in [5.41, 5.74) is 1.22. The van der Waals surface area contributed by atoms with Gasteiger partial charge in [0.25, 0.3) is 5.91 Å². The summed E-state index contributed by atoms with van der Waals surface area (Å²) in [6.45, 7) is -1.28. The first-order valence-electron chi connectivity index (χ1n) is 5.74. The Balaban J connectivity index is 2.95. The van der Waals surface area contributed by atoms with Crippen molar-refractivity contribution in [2.75, 3.05) is 19.3 Å². The van der Waals surface area contributed by atoms with Gasteiger partial charge in [-0.1, -0.05) is 12.1 Å². The van der Waals surface area contributed by atoms with Gasteiger partial charge in [-0.15, -0.1) is 0 Å². The van der Waals surface area contributed by atoms with Crippen LogP contribution in [0, 0.1) is 0 Å². The van der Waals surface area contributed by atoms with Crippen molar-refractivity contribution in [1.82, 2.24) is 4.90 Å². The third-order valence-corrected chi connectivity index (χ3v) is 3.05. The van der Waals surface area contributed by atoms with Crippen molar-refractivity contribution in [2.24, 2.45) is 0 Å². The zero-order chi connectivity index (χ0) is 15.1. The van der Waals surface area contributed by atoms with Crippen molar-refractivity contribution in [3.8, 4) is 0 Å². The summed E-state index contributed by atoms with van der Waals surface area (Å²) in [7, 11) is 0. The van der Waals surface area contributed by atoms with Crippen LogP contribution < -0.4 is 0 Å². The lowest BCUT2D eigenvalue weighted by atomic mass is 10.1. The molecule has 0 saturated carbocycles. The Morgan fingerprint density at radius 2 is 1.75 bits per heavy atom. The molecule has 108 valence electrons. The summed E-state index contributed by atoms with van der Waals surface area (Å²) in [5.74, 6) is -2.38. The summed E-state index contributed by atoms with van der Waals surface area (Å²) in [6.07, 6.45) is 1.93. The lowest BCUT2D eigenvalue weighted by Crippen LogP contribution is -2.39. The molecule has 1 rings (SSSR count). The second-order valence-corrected chi connectivity index (χ2v) is 4.95. The highest BCUT2D eigenvalue weighted by molar-refractivity contribution is 7.97. The van der Waals surface area contributed by atoms with Crippen LogP contribution in [-0.4, -0.2) is 52.3 Å². The SMILES string of the molecule is CSCc1cccc(C(=O)N(CC(=O)O)CC(=O)O)c1. The van der Waals surface area contributed by atoms with Crippen molar-refractivity contribution >= 4 is 29.6 Å². The van der Waals surface area contributed by atoms with Crippen LogP contribution >= 0.6 is 11.8 Å². The van der Waals surface area contributed by atoms with E-state index in [1.807, 2.05) is 12.3 Å². The van der Waals surface area contributed by atoms with E-state index in [4.69, 9.17) is 10.2 Å². The standard InChI is InChI=1S/C13H15NO5S/c1-20-8-9-3-2-4-10(5-9)13(19)14(6-11(15)16)7-12(17)18/h2-5H,6-8H2,1H3,(H,15,16)(H,17,18). The number of carbonyl (C=O) groups is 3. The molecule has 0 heterocycles. The zero-order valence-corrected chi connectivity index (χ0v) is 11.7. The Kier molecular flexibility index (Phi) is 6.05. The monoisotopic (exact) mass is 297 g/mol. The van der Waals surface area contributed by atoms with Crippen LogP contribution in [-0.2, 0) is 15.3 Å². The minimum Gasteiger partial charge on any atom is -0.480 e. The fourth-order valence-electron chi connectivity index (χ4n) is 1.67. The smallest absolute Gasteiger partial charge is 0.323 e. The van der Waals surface area contributed by atoms with E-state index >= 15 is 0 Å². The zero-order valence-electron chi connectivity index (χ0n) is 10.9. The normalized spacial score (nSPS) is 10.1. The molecule has 0 unspecified atom stereocenters. The molecule has 1 aromatic carbocycles. The first kappa shape index (κ1) is 16.0. The van der Waals surface area contributed by atoms with Gasteiger partial charge in [0.05, 0.1) is 0 Å². The Morgan fingerprint density at radius 1 is 1.15 bits per heavy atom. The quantitative estimate of drug-likeness (QED) is 0.784. The molecule has 7 heteroatoms. The summed E-state index contributed by atoms with van der Waals surface area (Å²) in [6, 6.07) is 6.74. The first-order chi connectivity index (χ1) is 9.43. The topological polar surface area (TPSA) is 94.9 Å². The van der Waals surface area contributed by atoms with Crippen LogP contribution in [0.3, 0.4) is 0 Å². The van der Waals surface area contributed by atoms with Gasteiger partial charge in [-0.3, -0.25) is 14.4 Å². The summed E-state index contributed by atoms with van der Waals surface area (Å²) in [5, 5.41) is 17.5. The minimum absolute atomic E-state index is 0.291. The number of nitrogens with zero attached hydrogens (tertiary/aromatic N) is 1. The molecule has 0 saturated heterocycles. The Labute approximate surface area is 120 Å². The second-order valence-electron chi connectivity index (χ2n) is 4.08. The second kappa shape index (κ2) is 7.54. The molecule has 1 aromatic rings. The molecule has 2 N–H and O–H groups in total. The first-order valence-corrected chi connectivity index (χ1v) is 7.14. The summed E-state index contributed by atoms with van der Waals surface area (Å²) < 4.78 is 0. The van der Waals surface area contributed by atoms with E-state index in [2.05, 4.69) is 0 Å². The average Bonchev–Trinajstić information content (AvgIpc) is 2.37. The van der Waals surface area contributed by atoms with E-state index in [1.165, 1.54) is 0 Å². The molecule has 0 aromatic heterocycles. The molecule has 0 fully saturated rings. The number of hydrogen-bond acceptors (Lipinski definition) is 4. The fourth-order valence-corrected chi connectivity index (χ4v) is 2.18. The van der Waals surface area contributed by atoms with Gasteiger partial charge in [0.15, 0.2) is 0 Å². The van der Waals surface area contributed by atoms with E-state index in [0.717, 1.165) is 16.2 Å². The Bertz CT molecular complexity index is 501. The van der Waals surface area contributed by atoms with Crippen LogP contribution in [0.2, 0.25) is 0 Å². The molecule has 6 nitrogen and oxygen atoms in total. The van der Waals surface area contributed by atoms with E-state index < -0.39 is 30.9 Å². The number of carbonyl (C=O) groups excluding carboxylic acids is 1. The number of thioether (sulfide) groups is 1. The lowest BCUT2D eigenvalue weighted by molar-refractivity contribution is -0.140. The number of benzene rings is 1. The number of hydrogen-bond donors (Lipinski definition) is 2. The summed E-state index contributed by atoms with van der Waals surface area (Å²) >= 11 is 1.59. The van der Waals surface area contributed by atoms with Gasteiger partial charge in [-0.05, 0) is 24.0 Å². The van der Waals surface area contributed by atoms with Crippen molar-refractivity contribution < 1.29 is 24.6 Å². The molecular formula is C13H15NO5S. The van der Waals surface area contributed by atoms with E-state index in [9.17, 15) is 14.4 Å². The molecule has 0 atom stereocenters. The van der Waals surface area contributed by atoms with Crippen LogP contribution in [0.5, 0.6) is 0 Å². The van der Waals surface area contributed by atoms with Gasteiger partial charge in [-0.2, -0.15) is 11.8 Å². The summed E-state index contributed by atoms with van der Waals surface area (Å²) in [4.78, 5) is 34.4. The Morgan fingerprint density at radius 3 is 2.25 bits per heavy atom. The number of aliphatic carboxylic acids is 2. The maximum absolute atomic E-state index is 12.2. The van der Waals surface area contributed by atoms with Crippen LogP contribution in [0.15, 0.2) is 24.3 Å². The fraction of sp³-hybridized carbons (Fsp3) is 0.308. The van der Waals surface area contributed by atoms with Gasteiger partial charge >= 0.3 is 11.9 Å². The van der Waals surface area contributed by atoms with Crippen LogP contribution in [0.25, 0.3) is 0 Å². The number of amides is 1. The molecule has 0 radical (unpaired) electrons. The minimum atomic E-state index is -1.25. The molecule has 0 aliphatic heterocycles. The maximum atomic E-state index is 12.2. The van der Waals surface area contributed by atoms with Gasteiger partial charge in [0.2, 0.25) is 0 Å². The van der Waals surface area contributed by atoms with Crippen LogP contribution in [0.1, 0.15) is 15.9 Å². The predicted molar refractivity (Wildman–Crippen MR) is 74.8 cm³/mol. The third kappa shape index (κ3) is 4.93. The highest BCUT2D eigenvalue weighted by atomic mass is 32.2. The highest BCUT2D eigenvalue weighted by Gasteiger charge is 2.21. The van der Waals surface area contributed by atoms with Crippen molar-refractivity contribution in [1.29, 1.82) is 0 Å². The lowest BCUT2D eigenvalue weighted by Gasteiger charge is -2.18. The molecule has 0 spiro atoms. The van der Waals surface area contributed by atoms with Gasteiger partial charge < -0.3 is 15.1 Å². The van der Waals surface area contributed by atoms with Crippen molar-refractivity contribution in [3.05, 3.63) is 35.4 Å². The van der Waals surface area contributed by atoms with E-state index in [1.54, 1.807) is 30.0 Å². The van der Waals surface area contributed by atoms with E-state index in [0.29, 0.717) is 5.56 Å². The van der Waals surface area contributed by atoms with Gasteiger partial charge in [0.1, 0.15) is 13.1 Å². The van der Waals surface area contributed by atoms with Crippen LogP contribution in [0.4, 0.5) is 0 Å². The number of rotatable bonds is 7.